The number of hydrogen-bond acceptors (Lipinski definition) is 5. The predicted molar refractivity (Wildman–Crippen MR) is 72.7 cm³/mol. The largest absolute Gasteiger partial charge is 0.360 e. The summed E-state index contributed by atoms with van der Waals surface area (Å²) in [7, 11) is 0. The fourth-order valence-corrected chi connectivity index (χ4v) is 2.48. The van der Waals surface area contributed by atoms with Gasteiger partial charge in [-0.2, -0.15) is 0 Å². The number of aryl methyl sites for hydroxylation is 1. The lowest BCUT2D eigenvalue weighted by Gasteiger charge is -2.31. The summed E-state index contributed by atoms with van der Waals surface area (Å²) in [6, 6.07) is 1.71. The molecule has 6 heteroatoms. The minimum atomic E-state index is -0.0365. The highest BCUT2D eigenvalue weighted by molar-refractivity contribution is 5.91. The van der Waals surface area contributed by atoms with Gasteiger partial charge in [0, 0.05) is 6.07 Å². The standard InChI is InChI=1S/C13H22N4O2/c1-10-8-12(16-19-10)15-13(18)9-17-6-3-11(2-5-14)4-7-17/h8,11H,2-7,9,14H2,1H3,(H,15,16,18). The van der Waals surface area contributed by atoms with E-state index in [0.717, 1.165) is 44.8 Å². The Morgan fingerprint density at radius 1 is 1.58 bits per heavy atom. The van der Waals surface area contributed by atoms with E-state index in [9.17, 15) is 4.79 Å². The van der Waals surface area contributed by atoms with Crippen molar-refractivity contribution in [2.24, 2.45) is 11.7 Å². The van der Waals surface area contributed by atoms with Crippen molar-refractivity contribution in [1.29, 1.82) is 0 Å². The van der Waals surface area contributed by atoms with Crippen LogP contribution in [0.3, 0.4) is 0 Å². The molecule has 1 aromatic heterocycles. The van der Waals surface area contributed by atoms with Crippen LogP contribution in [-0.4, -0.2) is 42.1 Å². The Kier molecular flexibility index (Phi) is 4.93. The maximum atomic E-state index is 11.8. The second-order valence-electron chi connectivity index (χ2n) is 5.17. The van der Waals surface area contributed by atoms with Gasteiger partial charge in [0.2, 0.25) is 5.91 Å². The Balaban J connectivity index is 1.71. The van der Waals surface area contributed by atoms with Crippen molar-refractivity contribution in [2.45, 2.75) is 26.2 Å². The van der Waals surface area contributed by atoms with Crippen molar-refractivity contribution in [1.82, 2.24) is 10.1 Å². The molecule has 1 amide bonds. The Labute approximate surface area is 113 Å². The van der Waals surface area contributed by atoms with E-state index in [1.165, 1.54) is 0 Å². The zero-order valence-corrected chi connectivity index (χ0v) is 11.4. The van der Waals surface area contributed by atoms with E-state index in [2.05, 4.69) is 15.4 Å². The molecule has 106 valence electrons. The molecule has 0 saturated carbocycles. The van der Waals surface area contributed by atoms with Gasteiger partial charge in [-0.3, -0.25) is 9.69 Å². The number of carbonyl (C=O) groups excluding carboxylic acids is 1. The van der Waals surface area contributed by atoms with Gasteiger partial charge < -0.3 is 15.6 Å². The third kappa shape index (κ3) is 4.33. The Bertz CT molecular complexity index is 411. The molecule has 0 bridgehead atoms. The number of nitrogens with one attached hydrogen (secondary N) is 1. The van der Waals surface area contributed by atoms with E-state index in [4.69, 9.17) is 10.3 Å². The van der Waals surface area contributed by atoms with Gasteiger partial charge in [-0.1, -0.05) is 5.16 Å². The number of nitrogens with two attached hydrogens (primary N) is 1. The highest BCUT2D eigenvalue weighted by Crippen LogP contribution is 2.19. The molecule has 1 aromatic rings. The summed E-state index contributed by atoms with van der Waals surface area (Å²) in [6.07, 6.45) is 3.36. The molecule has 3 N–H and O–H groups in total. The summed E-state index contributed by atoms with van der Waals surface area (Å²) in [5, 5.41) is 6.49. The molecule has 6 nitrogen and oxygen atoms in total. The van der Waals surface area contributed by atoms with E-state index in [1.54, 1.807) is 13.0 Å². The number of anilines is 1. The van der Waals surface area contributed by atoms with E-state index >= 15 is 0 Å². The van der Waals surface area contributed by atoms with Crippen LogP contribution < -0.4 is 11.1 Å². The number of likely N-dealkylation sites (tertiary alicyclic amines) is 1. The lowest BCUT2D eigenvalue weighted by Crippen LogP contribution is -2.39. The van der Waals surface area contributed by atoms with Crippen LogP contribution >= 0.6 is 0 Å². The van der Waals surface area contributed by atoms with Gasteiger partial charge in [-0.25, -0.2) is 0 Å². The summed E-state index contributed by atoms with van der Waals surface area (Å²) in [4.78, 5) is 14.0. The number of carbonyl (C=O) groups is 1. The summed E-state index contributed by atoms with van der Waals surface area (Å²) >= 11 is 0. The minimum absolute atomic E-state index is 0.0365. The second-order valence-corrected chi connectivity index (χ2v) is 5.17. The molecule has 2 rings (SSSR count). The molecule has 0 atom stereocenters. The van der Waals surface area contributed by atoms with E-state index in [0.29, 0.717) is 18.1 Å². The molecular formula is C13H22N4O2. The number of amides is 1. The quantitative estimate of drug-likeness (QED) is 0.830. The highest BCUT2D eigenvalue weighted by Gasteiger charge is 2.20. The first-order valence-corrected chi connectivity index (χ1v) is 6.83. The summed E-state index contributed by atoms with van der Waals surface area (Å²) < 4.78 is 4.91. The lowest BCUT2D eigenvalue weighted by molar-refractivity contribution is -0.117. The first-order valence-electron chi connectivity index (χ1n) is 6.83. The third-order valence-electron chi connectivity index (χ3n) is 3.54. The van der Waals surface area contributed by atoms with Crippen LogP contribution in [-0.2, 0) is 4.79 Å². The molecule has 1 aliphatic heterocycles. The van der Waals surface area contributed by atoms with Crippen molar-refractivity contribution in [3.8, 4) is 0 Å². The molecule has 1 aliphatic rings. The van der Waals surface area contributed by atoms with Gasteiger partial charge in [0.25, 0.3) is 0 Å². The Morgan fingerprint density at radius 2 is 2.32 bits per heavy atom. The zero-order valence-electron chi connectivity index (χ0n) is 11.4. The van der Waals surface area contributed by atoms with Crippen LogP contribution in [0.1, 0.15) is 25.0 Å². The molecule has 1 saturated heterocycles. The van der Waals surface area contributed by atoms with Crippen molar-refractivity contribution >= 4 is 11.7 Å². The molecule has 19 heavy (non-hydrogen) atoms. The lowest BCUT2D eigenvalue weighted by atomic mass is 9.94. The normalized spacial score (nSPS) is 17.6. The average molecular weight is 266 g/mol. The second kappa shape index (κ2) is 6.68. The van der Waals surface area contributed by atoms with E-state index < -0.39 is 0 Å². The van der Waals surface area contributed by atoms with Crippen molar-refractivity contribution in [2.75, 3.05) is 31.5 Å². The Hall–Kier alpha value is -1.40. The smallest absolute Gasteiger partial charge is 0.239 e. The average Bonchev–Trinajstić information content (AvgIpc) is 2.77. The maximum Gasteiger partial charge on any atom is 0.239 e. The fraction of sp³-hybridized carbons (Fsp3) is 0.692. The highest BCUT2D eigenvalue weighted by atomic mass is 16.5. The fourth-order valence-electron chi connectivity index (χ4n) is 2.48. The topological polar surface area (TPSA) is 84.4 Å². The van der Waals surface area contributed by atoms with Gasteiger partial charge >= 0.3 is 0 Å². The van der Waals surface area contributed by atoms with Crippen LogP contribution in [0.5, 0.6) is 0 Å². The minimum Gasteiger partial charge on any atom is -0.360 e. The number of piperidine rings is 1. The van der Waals surface area contributed by atoms with Gasteiger partial charge in [0.05, 0.1) is 6.54 Å². The molecule has 2 heterocycles. The zero-order chi connectivity index (χ0) is 13.7. The monoisotopic (exact) mass is 266 g/mol. The van der Waals surface area contributed by atoms with E-state index in [-0.39, 0.29) is 5.91 Å². The van der Waals surface area contributed by atoms with Gasteiger partial charge in [0.15, 0.2) is 5.82 Å². The number of nitrogens with zero attached hydrogens (tertiary/aromatic N) is 2. The molecule has 0 spiro atoms. The van der Waals surface area contributed by atoms with Gasteiger partial charge in [-0.15, -0.1) is 0 Å². The molecule has 0 unspecified atom stereocenters. The van der Waals surface area contributed by atoms with E-state index in [1.807, 2.05) is 0 Å². The first-order chi connectivity index (χ1) is 9.17. The Morgan fingerprint density at radius 3 is 2.89 bits per heavy atom. The summed E-state index contributed by atoms with van der Waals surface area (Å²) in [5.74, 6) is 1.87. The summed E-state index contributed by atoms with van der Waals surface area (Å²) in [6.45, 7) is 4.91. The molecule has 0 radical (unpaired) electrons. The van der Waals surface area contributed by atoms with Crippen molar-refractivity contribution in [3.05, 3.63) is 11.8 Å². The molecular weight excluding hydrogens is 244 g/mol. The van der Waals surface area contributed by atoms with Crippen LogP contribution in [0.15, 0.2) is 10.6 Å². The third-order valence-corrected chi connectivity index (χ3v) is 3.54. The molecule has 0 aliphatic carbocycles. The maximum absolute atomic E-state index is 11.8. The number of aromatic nitrogens is 1. The summed E-state index contributed by atoms with van der Waals surface area (Å²) in [5.41, 5.74) is 5.57. The molecule has 0 aromatic carbocycles. The van der Waals surface area contributed by atoms with Gasteiger partial charge in [-0.05, 0) is 51.7 Å². The van der Waals surface area contributed by atoms with Crippen LogP contribution in [0.25, 0.3) is 0 Å². The first kappa shape index (κ1) is 14.0. The van der Waals surface area contributed by atoms with Crippen molar-refractivity contribution in [3.63, 3.8) is 0 Å². The van der Waals surface area contributed by atoms with Crippen molar-refractivity contribution < 1.29 is 9.32 Å². The molecule has 1 fully saturated rings. The van der Waals surface area contributed by atoms with Crippen LogP contribution in [0, 0.1) is 12.8 Å². The number of hydrogen-bond donors (Lipinski definition) is 2. The predicted octanol–water partition coefficient (Wildman–Crippen LogP) is 0.982. The van der Waals surface area contributed by atoms with Crippen LogP contribution in [0.4, 0.5) is 5.82 Å². The van der Waals surface area contributed by atoms with Gasteiger partial charge in [0.1, 0.15) is 5.76 Å². The SMILES string of the molecule is Cc1cc(NC(=O)CN2CCC(CCN)CC2)no1. The van der Waals surface area contributed by atoms with Crippen LogP contribution in [0.2, 0.25) is 0 Å². The number of rotatable bonds is 5.